The van der Waals surface area contributed by atoms with Crippen molar-refractivity contribution in [3.8, 4) is 0 Å². The molecule has 1 aliphatic heterocycles. The molecule has 0 radical (unpaired) electrons. The number of anilines is 1. The second-order valence-corrected chi connectivity index (χ2v) is 7.87. The number of hydrazone groups is 1. The molecule has 142 valence electrons. The molecule has 2 aromatic rings. The molecule has 0 aliphatic carbocycles. The van der Waals surface area contributed by atoms with E-state index in [0.29, 0.717) is 11.5 Å². The Hall–Kier alpha value is -2.69. The van der Waals surface area contributed by atoms with Crippen LogP contribution in [0.15, 0.2) is 41.8 Å². The summed E-state index contributed by atoms with van der Waals surface area (Å²) < 4.78 is 0. The van der Waals surface area contributed by atoms with Crippen LogP contribution in [-0.4, -0.2) is 29.2 Å². The molecule has 0 unspecified atom stereocenters. The van der Waals surface area contributed by atoms with Gasteiger partial charge in [-0.25, -0.2) is 5.43 Å². The number of rotatable bonds is 4. The number of fused-ring (bicyclic) bond motifs is 1. The summed E-state index contributed by atoms with van der Waals surface area (Å²) in [5, 5.41) is 4.15. The van der Waals surface area contributed by atoms with Gasteiger partial charge in [0, 0.05) is 30.2 Å². The van der Waals surface area contributed by atoms with E-state index in [2.05, 4.69) is 67.2 Å². The van der Waals surface area contributed by atoms with Gasteiger partial charge in [0.25, 0.3) is 5.91 Å². The van der Waals surface area contributed by atoms with E-state index in [-0.39, 0.29) is 11.4 Å². The van der Waals surface area contributed by atoms with Crippen molar-refractivity contribution in [3.63, 3.8) is 0 Å². The van der Waals surface area contributed by atoms with Crippen molar-refractivity contribution in [2.75, 3.05) is 11.4 Å². The van der Waals surface area contributed by atoms with Gasteiger partial charge in [-0.2, -0.15) is 5.10 Å². The molecule has 1 aromatic carbocycles. The van der Waals surface area contributed by atoms with Crippen LogP contribution in [0.5, 0.6) is 0 Å². The van der Waals surface area contributed by atoms with E-state index in [0.717, 1.165) is 24.1 Å². The number of aryl methyl sites for hydroxylation is 1. The summed E-state index contributed by atoms with van der Waals surface area (Å²) in [5.74, 6) is 0.220. The van der Waals surface area contributed by atoms with Gasteiger partial charge in [-0.3, -0.25) is 9.78 Å². The van der Waals surface area contributed by atoms with Crippen LogP contribution in [0, 0.1) is 6.92 Å². The van der Waals surface area contributed by atoms with E-state index >= 15 is 0 Å². The minimum absolute atomic E-state index is 0.154. The van der Waals surface area contributed by atoms with Gasteiger partial charge in [-0.05, 0) is 81.0 Å². The Morgan fingerprint density at radius 3 is 2.89 bits per heavy atom. The first-order chi connectivity index (χ1) is 12.8. The third-order valence-corrected chi connectivity index (χ3v) is 5.38. The summed E-state index contributed by atoms with van der Waals surface area (Å²) in [6.07, 6.45) is 6.01. The zero-order chi connectivity index (χ0) is 19.6. The SMILES string of the molecule is CCN1c2cc(C)c(/C=N\NC(=O)c3cccnc3)cc2[C@H](C)CC1(C)C. The van der Waals surface area contributed by atoms with Gasteiger partial charge in [0.15, 0.2) is 0 Å². The smallest absolute Gasteiger partial charge is 0.272 e. The molecule has 1 aliphatic rings. The average Bonchev–Trinajstić information content (AvgIpc) is 2.63. The van der Waals surface area contributed by atoms with Crippen LogP contribution >= 0.6 is 0 Å². The predicted molar refractivity (Wildman–Crippen MR) is 111 cm³/mol. The number of hydrogen-bond donors (Lipinski definition) is 1. The molecule has 5 heteroatoms. The fourth-order valence-corrected chi connectivity index (χ4v) is 4.11. The molecule has 1 aromatic heterocycles. The Morgan fingerprint density at radius 1 is 1.44 bits per heavy atom. The molecule has 1 N–H and O–H groups in total. The van der Waals surface area contributed by atoms with Crippen molar-refractivity contribution in [1.82, 2.24) is 10.4 Å². The molecule has 0 bridgehead atoms. The van der Waals surface area contributed by atoms with E-state index in [1.165, 1.54) is 17.4 Å². The monoisotopic (exact) mass is 364 g/mol. The predicted octanol–water partition coefficient (Wildman–Crippen LogP) is 4.27. The highest BCUT2D eigenvalue weighted by molar-refractivity contribution is 5.94. The summed E-state index contributed by atoms with van der Waals surface area (Å²) in [6.45, 7) is 12.2. The number of amides is 1. The number of aromatic nitrogens is 1. The lowest BCUT2D eigenvalue weighted by atomic mass is 9.79. The van der Waals surface area contributed by atoms with E-state index < -0.39 is 0 Å². The number of nitrogens with zero attached hydrogens (tertiary/aromatic N) is 3. The molecular weight excluding hydrogens is 336 g/mol. The molecule has 0 saturated carbocycles. The van der Waals surface area contributed by atoms with E-state index in [9.17, 15) is 4.79 Å². The maximum atomic E-state index is 12.1. The zero-order valence-corrected chi connectivity index (χ0v) is 16.8. The Morgan fingerprint density at radius 2 is 2.22 bits per heavy atom. The molecular formula is C22H28N4O. The Bertz CT molecular complexity index is 858. The lowest BCUT2D eigenvalue weighted by molar-refractivity contribution is 0.0955. The maximum absolute atomic E-state index is 12.1. The summed E-state index contributed by atoms with van der Waals surface area (Å²) in [5.41, 5.74) is 8.07. The lowest BCUT2D eigenvalue weighted by Crippen LogP contribution is -2.48. The molecule has 0 spiro atoms. The second-order valence-electron chi connectivity index (χ2n) is 7.87. The van der Waals surface area contributed by atoms with Gasteiger partial charge >= 0.3 is 0 Å². The third-order valence-electron chi connectivity index (χ3n) is 5.38. The maximum Gasteiger partial charge on any atom is 0.272 e. The summed E-state index contributed by atoms with van der Waals surface area (Å²) in [4.78, 5) is 18.5. The van der Waals surface area contributed by atoms with E-state index in [1.807, 2.05) is 0 Å². The minimum Gasteiger partial charge on any atom is -0.366 e. The highest BCUT2D eigenvalue weighted by Crippen LogP contribution is 2.43. The number of carbonyl (C=O) groups excluding carboxylic acids is 1. The molecule has 2 heterocycles. The quantitative estimate of drug-likeness (QED) is 0.651. The van der Waals surface area contributed by atoms with Gasteiger partial charge in [-0.15, -0.1) is 0 Å². The third kappa shape index (κ3) is 3.87. The van der Waals surface area contributed by atoms with Crippen LogP contribution in [0.25, 0.3) is 0 Å². The number of pyridine rings is 1. The Balaban J connectivity index is 1.84. The first kappa shape index (κ1) is 19.1. The highest BCUT2D eigenvalue weighted by atomic mass is 16.2. The second kappa shape index (κ2) is 7.51. The summed E-state index contributed by atoms with van der Waals surface area (Å²) in [7, 11) is 0. The van der Waals surface area contributed by atoms with Crippen LogP contribution in [0.2, 0.25) is 0 Å². The number of nitrogens with one attached hydrogen (secondary N) is 1. The minimum atomic E-state index is -0.262. The van der Waals surface area contributed by atoms with Gasteiger partial charge in [0.2, 0.25) is 0 Å². The van der Waals surface area contributed by atoms with Gasteiger partial charge in [0.05, 0.1) is 11.8 Å². The van der Waals surface area contributed by atoms with E-state index in [4.69, 9.17) is 0 Å². The number of benzene rings is 1. The van der Waals surface area contributed by atoms with Crippen molar-refractivity contribution in [2.24, 2.45) is 5.10 Å². The van der Waals surface area contributed by atoms with Crippen molar-refractivity contribution < 1.29 is 4.79 Å². The van der Waals surface area contributed by atoms with Crippen molar-refractivity contribution in [1.29, 1.82) is 0 Å². The van der Waals surface area contributed by atoms with Gasteiger partial charge in [-0.1, -0.05) is 6.92 Å². The molecule has 0 saturated heterocycles. The first-order valence-electron chi connectivity index (χ1n) is 9.49. The van der Waals surface area contributed by atoms with E-state index in [1.54, 1.807) is 24.5 Å². The average molecular weight is 364 g/mol. The fraction of sp³-hybridized carbons (Fsp3) is 0.409. The molecule has 5 nitrogen and oxygen atoms in total. The largest absolute Gasteiger partial charge is 0.366 e. The van der Waals surface area contributed by atoms with Crippen LogP contribution in [-0.2, 0) is 0 Å². The van der Waals surface area contributed by atoms with Crippen molar-refractivity contribution in [3.05, 3.63) is 58.9 Å². The molecule has 3 rings (SSSR count). The molecule has 1 amide bonds. The number of carbonyl (C=O) groups is 1. The van der Waals surface area contributed by atoms with Crippen LogP contribution in [0.4, 0.5) is 5.69 Å². The fourth-order valence-electron chi connectivity index (χ4n) is 4.11. The van der Waals surface area contributed by atoms with Crippen LogP contribution in [0.3, 0.4) is 0 Å². The summed E-state index contributed by atoms with van der Waals surface area (Å²) >= 11 is 0. The number of hydrogen-bond acceptors (Lipinski definition) is 4. The summed E-state index contributed by atoms with van der Waals surface area (Å²) in [6, 6.07) is 7.91. The zero-order valence-electron chi connectivity index (χ0n) is 16.8. The Labute approximate surface area is 161 Å². The topological polar surface area (TPSA) is 57.6 Å². The first-order valence-corrected chi connectivity index (χ1v) is 9.49. The molecule has 0 fully saturated rings. The van der Waals surface area contributed by atoms with Gasteiger partial charge in [0.1, 0.15) is 0 Å². The standard InChI is InChI=1S/C22H28N4O/c1-6-26-20-10-15(2)18(11-19(20)16(3)12-22(26,4)5)14-24-25-21(27)17-8-7-9-23-13-17/h7-11,13-14,16H,6,12H2,1-5H3,(H,25,27)/b24-14-/t16-/m1/s1. The highest BCUT2D eigenvalue weighted by Gasteiger charge is 2.35. The molecule has 27 heavy (non-hydrogen) atoms. The van der Waals surface area contributed by atoms with Crippen LogP contribution in [0.1, 0.15) is 67.1 Å². The van der Waals surface area contributed by atoms with Gasteiger partial charge < -0.3 is 4.90 Å². The van der Waals surface area contributed by atoms with Crippen molar-refractivity contribution >= 4 is 17.8 Å². The lowest BCUT2D eigenvalue weighted by Gasteiger charge is -2.47. The van der Waals surface area contributed by atoms with Crippen molar-refractivity contribution in [2.45, 2.75) is 52.5 Å². The molecule has 1 atom stereocenters. The Kier molecular flexibility index (Phi) is 5.31. The van der Waals surface area contributed by atoms with Crippen LogP contribution < -0.4 is 10.3 Å². The normalized spacial score (nSPS) is 18.4.